The molecule has 1 atom stereocenters. The lowest BCUT2D eigenvalue weighted by Crippen LogP contribution is -2.38. The van der Waals surface area contributed by atoms with Crippen LogP contribution >= 0.6 is 0 Å². The molecule has 0 aromatic heterocycles. The summed E-state index contributed by atoms with van der Waals surface area (Å²) in [5, 5.41) is 13.9. The van der Waals surface area contributed by atoms with Crippen LogP contribution < -0.4 is 10.6 Å². The second-order valence-corrected chi connectivity index (χ2v) is 3.28. The Morgan fingerprint density at radius 3 is 2.57 bits per heavy atom. The number of hydrogen-bond donors (Lipinski definition) is 3. The molecule has 14 heavy (non-hydrogen) atoms. The first kappa shape index (κ1) is 12.9. The fourth-order valence-corrected chi connectivity index (χ4v) is 1.12. The number of rotatable bonds is 7. The molecular weight excluding hydrogens is 184 g/mol. The van der Waals surface area contributed by atoms with Gasteiger partial charge in [0, 0.05) is 12.5 Å². The molecule has 0 aromatic rings. The van der Waals surface area contributed by atoms with Crippen molar-refractivity contribution in [3.8, 4) is 0 Å². The predicted octanol–water partition coefficient (Wildman–Crippen LogP) is -0.0346. The van der Waals surface area contributed by atoms with Crippen molar-refractivity contribution in [2.75, 3.05) is 13.6 Å². The Bertz CT molecular complexity index is 194. The van der Waals surface area contributed by atoms with Crippen molar-refractivity contribution in [3.63, 3.8) is 0 Å². The molecule has 0 fully saturated rings. The van der Waals surface area contributed by atoms with E-state index >= 15 is 0 Å². The Balaban J connectivity index is 3.49. The van der Waals surface area contributed by atoms with E-state index in [1.807, 2.05) is 6.92 Å². The van der Waals surface area contributed by atoms with Gasteiger partial charge in [-0.15, -0.1) is 0 Å². The van der Waals surface area contributed by atoms with Crippen molar-refractivity contribution in [2.45, 2.75) is 32.2 Å². The van der Waals surface area contributed by atoms with Gasteiger partial charge in [-0.2, -0.15) is 0 Å². The molecule has 0 radical (unpaired) electrons. The summed E-state index contributed by atoms with van der Waals surface area (Å²) in [6.45, 7) is 2.17. The topological polar surface area (TPSA) is 78.4 Å². The third-order valence-electron chi connectivity index (χ3n) is 1.77. The van der Waals surface area contributed by atoms with Gasteiger partial charge in [0.2, 0.25) is 5.91 Å². The zero-order chi connectivity index (χ0) is 11.0. The van der Waals surface area contributed by atoms with Gasteiger partial charge in [0.25, 0.3) is 0 Å². The molecule has 0 heterocycles. The number of nitrogens with one attached hydrogen (secondary N) is 2. The second kappa shape index (κ2) is 7.32. The van der Waals surface area contributed by atoms with E-state index < -0.39 is 5.97 Å². The monoisotopic (exact) mass is 202 g/mol. The molecule has 0 bridgehead atoms. The largest absolute Gasteiger partial charge is 0.481 e. The minimum Gasteiger partial charge on any atom is -0.481 e. The molecule has 0 aliphatic heterocycles. The van der Waals surface area contributed by atoms with Crippen LogP contribution in [0.15, 0.2) is 0 Å². The highest BCUT2D eigenvalue weighted by Crippen LogP contribution is 1.99. The summed E-state index contributed by atoms with van der Waals surface area (Å²) in [6.07, 6.45) is 1.45. The zero-order valence-electron chi connectivity index (χ0n) is 8.67. The molecule has 0 saturated heterocycles. The summed E-state index contributed by atoms with van der Waals surface area (Å²) in [5.74, 6) is -0.853. The van der Waals surface area contributed by atoms with Crippen LogP contribution in [0.25, 0.3) is 0 Å². The number of carbonyl (C=O) groups is 2. The van der Waals surface area contributed by atoms with Gasteiger partial charge in [-0.25, -0.2) is 0 Å². The van der Waals surface area contributed by atoms with Crippen LogP contribution in [0, 0.1) is 0 Å². The Labute approximate surface area is 83.9 Å². The van der Waals surface area contributed by atoms with Crippen molar-refractivity contribution in [1.29, 1.82) is 0 Å². The highest BCUT2D eigenvalue weighted by Gasteiger charge is 2.06. The second-order valence-electron chi connectivity index (χ2n) is 3.28. The van der Waals surface area contributed by atoms with E-state index in [4.69, 9.17) is 5.11 Å². The molecule has 0 rings (SSSR count). The van der Waals surface area contributed by atoms with E-state index in [1.165, 1.54) is 0 Å². The first-order chi connectivity index (χ1) is 6.56. The van der Waals surface area contributed by atoms with Crippen molar-refractivity contribution < 1.29 is 14.7 Å². The van der Waals surface area contributed by atoms with Crippen LogP contribution in [-0.2, 0) is 9.59 Å². The number of carboxylic acid groups (broad SMARTS) is 1. The van der Waals surface area contributed by atoms with Gasteiger partial charge in [0.15, 0.2) is 0 Å². The molecule has 82 valence electrons. The summed E-state index contributed by atoms with van der Waals surface area (Å²) in [7, 11) is 1.70. The maximum absolute atomic E-state index is 11.1. The van der Waals surface area contributed by atoms with Crippen molar-refractivity contribution in [1.82, 2.24) is 10.6 Å². The van der Waals surface area contributed by atoms with Crippen LogP contribution in [0.3, 0.4) is 0 Å². The number of carbonyl (C=O) groups excluding carboxylic acids is 1. The molecule has 5 heteroatoms. The maximum Gasteiger partial charge on any atom is 0.303 e. The van der Waals surface area contributed by atoms with E-state index in [1.54, 1.807) is 7.05 Å². The number of amides is 1. The normalized spacial score (nSPS) is 12.1. The Morgan fingerprint density at radius 2 is 2.07 bits per heavy atom. The molecule has 1 amide bonds. The maximum atomic E-state index is 11.1. The fraction of sp³-hybridized carbons (Fsp3) is 0.778. The first-order valence-corrected chi connectivity index (χ1v) is 4.72. The van der Waals surface area contributed by atoms with Crippen LogP contribution in [0.2, 0.25) is 0 Å². The summed E-state index contributed by atoms with van der Waals surface area (Å²) in [4.78, 5) is 21.3. The van der Waals surface area contributed by atoms with Gasteiger partial charge in [0.05, 0.1) is 6.54 Å². The summed E-state index contributed by atoms with van der Waals surface area (Å²) in [6, 6.07) is 0.0372. The van der Waals surface area contributed by atoms with Gasteiger partial charge in [0.1, 0.15) is 0 Å². The third-order valence-corrected chi connectivity index (χ3v) is 1.77. The van der Waals surface area contributed by atoms with Crippen molar-refractivity contribution in [3.05, 3.63) is 0 Å². The van der Waals surface area contributed by atoms with Crippen molar-refractivity contribution in [2.24, 2.45) is 0 Å². The lowest BCUT2D eigenvalue weighted by molar-refractivity contribution is -0.137. The molecule has 0 spiro atoms. The molecule has 1 unspecified atom stereocenters. The zero-order valence-corrected chi connectivity index (χ0v) is 8.67. The lowest BCUT2D eigenvalue weighted by Gasteiger charge is -2.12. The van der Waals surface area contributed by atoms with Gasteiger partial charge in [-0.1, -0.05) is 0 Å². The fourth-order valence-electron chi connectivity index (χ4n) is 1.12. The lowest BCUT2D eigenvalue weighted by atomic mass is 10.1. The Kier molecular flexibility index (Phi) is 6.74. The number of hydrogen-bond acceptors (Lipinski definition) is 3. The molecule has 0 aliphatic rings. The van der Waals surface area contributed by atoms with Gasteiger partial charge in [-0.3, -0.25) is 9.59 Å². The molecule has 0 saturated carbocycles. The number of carboxylic acids is 1. The Morgan fingerprint density at radius 1 is 1.43 bits per heavy atom. The van der Waals surface area contributed by atoms with Crippen molar-refractivity contribution >= 4 is 11.9 Å². The number of aliphatic carboxylic acids is 1. The highest BCUT2D eigenvalue weighted by atomic mass is 16.4. The third kappa shape index (κ3) is 7.54. The minimum absolute atomic E-state index is 0.0372. The quantitative estimate of drug-likeness (QED) is 0.541. The average Bonchev–Trinajstić information content (AvgIpc) is 2.03. The first-order valence-electron chi connectivity index (χ1n) is 4.72. The van der Waals surface area contributed by atoms with Crippen LogP contribution in [0.1, 0.15) is 26.2 Å². The molecule has 0 aromatic carbocycles. The van der Waals surface area contributed by atoms with Crippen LogP contribution in [0.4, 0.5) is 0 Å². The highest BCUT2D eigenvalue weighted by molar-refractivity contribution is 5.78. The molecular formula is C9H18N2O3. The SMILES string of the molecule is CNCC(=O)NC(C)CCCC(=O)O. The molecule has 0 aliphatic carbocycles. The van der Waals surface area contributed by atoms with E-state index in [2.05, 4.69) is 10.6 Å². The summed E-state index contributed by atoms with van der Waals surface area (Å²) in [5.41, 5.74) is 0. The average molecular weight is 202 g/mol. The van der Waals surface area contributed by atoms with Gasteiger partial charge >= 0.3 is 5.97 Å². The number of likely N-dealkylation sites (N-methyl/N-ethyl adjacent to an activating group) is 1. The van der Waals surface area contributed by atoms with E-state index in [0.29, 0.717) is 19.4 Å². The molecule has 3 N–H and O–H groups in total. The van der Waals surface area contributed by atoms with E-state index in [-0.39, 0.29) is 18.4 Å². The predicted molar refractivity (Wildman–Crippen MR) is 53.0 cm³/mol. The molecule has 5 nitrogen and oxygen atoms in total. The summed E-state index contributed by atoms with van der Waals surface area (Å²) >= 11 is 0. The van der Waals surface area contributed by atoms with Gasteiger partial charge < -0.3 is 15.7 Å². The smallest absolute Gasteiger partial charge is 0.303 e. The van der Waals surface area contributed by atoms with E-state index in [0.717, 1.165) is 0 Å². The van der Waals surface area contributed by atoms with Crippen LogP contribution in [0.5, 0.6) is 0 Å². The standard InChI is InChI=1S/C9H18N2O3/c1-7(4-3-5-9(13)14)11-8(12)6-10-2/h7,10H,3-6H2,1-2H3,(H,11,12)(H,13,14). The van der Waals surface area contributed by atoms with E-state index in [9.17, 15) is 9.59 Å². The minimum atomic E-state index is -0.793. The van der Waals surface area contributed by atoms with Gasteiger partial charge in [-0.05, 0) is 26.8 Å². The summed E-state index contributed by atoms with van der Waals surface area (Å²) < 4.78 is 0. The van der Waals surface area contributed by atoms with Crippen LogP contribution in [-0.4, -0.2) is 36.6 Å². The Hall–Kier alpha value is -1.10.